The van der Waals surface area contributed by atoms with Crippen molar-refractivity contribution < 1.29 is 8.42 Å². The zero-order chi connectivity index (χ0) is 13.6. The smallest absolute Gasteiger partial charge is 0.214 e. The average Bonchev–Trinajstić information content (AvgIpc) is 3.09. The monoisotopic (exact) mass is 283 g/mol. The Morgan fingerprint density at radius 1 is 1.47 bits per heavy atom. The molecule has 0 radical (unpaired) electrons. The molecule has 3 rings (SSSR count). The van der Waals surface area contributed by atoms with Crippen molar-refractivity contribution in [2.75, 3.05) is 13.1 Å². The van der Waals surface area contributed by atoms with E-state index in [9.17, 15) is 8.42 Å². The third kappa shape index (κ3) is 2.69. The highest BCUT2D eigenvalue weighted by atomic mass is 32.2. The van der Waals surface area contributed by atoms with Gasteiger partial charge in [-0.1, -0.05) is 0 Å². The van der Waals surface area contributed by atoms with Gasteiger partial charge in [-0.2, -0.15) is 0 Å². The fraction of sp³-hybridized carbons (Fsp3) is 0.769. The van der Waals surface area contributed by atoms with Crippen molar-refractivity contribution >= 4 is 15.9 Å². The molecule has 1 N–H and O–H groups in total. The van der Waals surface area contributed by atoms with Gasteiger partial charge in [-0.25, -0.2) is 13.1 Å². The Morgan fingerprint density at radius 3 is 2.89 bits per heavy atom. The zero-order valence-electron chi connectivity index (χ0n) is 11.5. The lowest BCUT2D eigenvalue weighted by Crippen LogP contribution is -2.34. The number of aliphatic imine (C=N–C) groups is 1. The van der Waals surface area contributed by atoms with Crippen molar-refractivity contribution in [1.29, 1.82) is 0 Å². The molecule has 0 aromatic carbocycles. The summed E-state index contributed by atoms with van der Waals surface area (Å²) in [4.78, 5) is 6.75. The Balaban J connectivity index is 1.60. The molecule has 0 bridgehead atoms. The minimum Gasteiger partial charge on any atom is -0.334 e. The van der Waals surface area contributed by atoms with Gasteiger partial charge in [-0.15, -0.1) is 0 Å². The van der Waals surface area contributed by atoms with E-state index >= 15 is 0 Å². The molecule has 2 aliphatic heterocycles. The number of hydrogen-bond donors (Lipinski definition) is 1. The lowest BCUT2D eigenvalue weighted by Gasteiger charge is -2.25. The first-order valence-corrected chi connectivity index (χ1v) is 8.51. The molecule has 19 heavy (non-hydrogen) atoms. The number of fused-ring (bicyclic) bond motifs is 1. The predicted octanol–water partition coefficient (Wildman–Crippen LogP) is 1.09. The van der Waals surface area contributed by atoms with Gasteiger partial charge in [0.25, 0.3) is 0 Å². The second kappa shape index (κ2) is 4.59. The number of amidine groups is 1. The lowest BCUT2D eigenvalue weighted by molar-refractivity contribution is 0.482. The zero-order valence-corrected chi connectivity index (χ0v) is 12.3. The first-order valence-electron chi connectivity index (χ1n) is 6.97. The Labute approximate surface area is 114 Å². The summed E-state index contributed by atoms with van der Waals surface area (Å²) in [5.74, 6) is 1.41. The van der Waals surface area contributed by atoms with Crippen molar-refractivity contribution in [3.63, 3.8) is 0 Å². The molecular weight excluding hydrogens is 262 g/mol. The third-order valence-corrected chi connectivity index (χ3v) is 5.95. The maximum absolute atomic E-state index is 11.8. The van der Waals surface area contributed by atoms with Crippen LogP contribution >= 0.6 is 0 Å². The van der Waals surface area contributed by atoms with E-state index in [1.54, 1.807) is 0 Å². The first-order chi connectivity index (χ1) is 8.95. The number of sulfonamides is 1. The largest absolute Gasteiger partial charge is 0.334 e. The van der Waals surface area contributed by atoms with Crippen LogP contribution in [-0.2, 0) is 10.0 Å². The highest BCUT2D eigenvalue weighted by Crippen LogP contribution is 2.31. The Kier molecular flexibility index (Phi) is 3.17. The molecule has 2 fully saturated rings. The van der Waals surface area contributed by atoms with Gasteiger partial charge >= 0.3 is 0 Å². The van der Waals surface area contributed by atoms with Gasteiger partial charge in [0.15, 0.2) is 0 Å². The molecule has 0 unspecified atom stereocenters. The lowest BCUT2D eigenvalue weighted by atomic mass is 10.1. The SMILES string of the molecule is CC1=N[C@@H](C)C=C2C[C@@H](CNS(=O)(=O)C3CC3)CN21. The van der Waals surface area contributed by atoms with Crippen LogP contribution in [0.1, 0.15) is 33.1 Å². The summed E-state index contributed by atoms with van der Waals surface area (Å²) < 4.78 is 26.4. The quantitative estimate of drug-likeness (QED) is 0.840. The number of nitrogens with one attached hydrogen (secondary N) is 1. The van der Waals surface area contributed by atoms with Gasteiger partial charge in [0, 0.05) is 18.8 Å². The minimum atomic E-state index is -3.05. The minimum absolute atomic E-state index is 0.126. The Bertz CT molecular complexity index is 534. The summed E-state index contributed by atoms with van der Waals surface area (Å²) in [6.45, 7) is 5.53. The van der Waals surface area contributed by atoms with E-state index in [1.165, 1.54) is 5.70 Å². The van der Waals surface area contributed by atoms with Gasteiger partial charge in [-0.05, 0) is 45.1 Å². The van der Waals surface area contributed by atoms with Crippen LogP contribution in [0.3, 0.4) is 0 Å². The first kappa shape index (κ1) is 13.1. The normalized spacial score (nSPS) is 30.9. The molecule has 0 amide bonds. The van der Waals surface area contributed by atoms with Crippen molar-refractivity contribution in [2.45, 2.75) is 44.4 Å². The molecule has 0 aromatic rings. The average molecular weight is 283 g/mol. The number of nitrogens with zero attached hydrogens (tertiary/aromatic N) is 2. The van der Waals surface area contributed by atoms with E-state index in [0.29, 0.717) is 12.5 Å². The molecule has 2 atom stereocenters. The summed E-state index contributed by atoms with van der Waals surface area (Å²) in [5, 5.41) is -0.126. The van der Waals surface area contributed by atoms with Crippen molar-refractivity contribution in [2.24, 2.45) is 10.9 Å². The van der Waals surface area contributed by atoms with Crippen LogP contribution in [-0.4, -0.2) is 43.5 Å². The highest BCUT2D eigenvalue weighted by molar-refractivity contribution is 7.90. The molecule has 0 spiro atoms. The van der Waals surface area contributed by atoms with Crippen LogP contribution in [0.25, 0.3) is 0 Å². The van der Waals surface area contributed by atoms with Crippen LogP contribution in [0.15, 0.2) is 16.8 Å². The van der Waals surface area contributed by atoms with Crippen LogP contribution in [0.2, 0.25) is 0 Å². The van der Waals surface area contributed by atoms with E-state index < -0.39 is 10.0 Å². The number of rotatable bonds is 4. The molecule has 1 aliphatic carbocycles. The number of allylic oxidation sites excluding steroid dienone is 1. The van der Waals surface area contributed by atoms with Crippen molar-refractivity contribution in [3.8, 4) is 0 Å². The van der Waals surface area contributed by atoms with Gasteiger partial charge in [0.05, 0.1) is 11.3 Å². The Morgan fingerprint density at radius 2 is 2.21 bits per heavy atom. The van der Waals surface area contributed by atoms with Crippen molar-refractivity contribution in [1.82, 2.24) is 9.62 Å². The van der Waals surface area contributed by atoms with E-state index in [-0.39, 0.29) is 11.3 Å². The molecule has 6 heteroatoms. The van der Waals surface area contributed by atoms with Crippen LogP contribution < -0.4 is 4.72 Å². The second-order valence-corrected chi connectivity index (χ2v) is 7.89. The summed E-state index contributed by atoms with van der Waals surface area (Å²) in [5.41, 5.74) is 1.30. The van der Waals surface area contributed by atoms with E-state index in [1.807, 2.05) is 6.92 Å². The molecule has 2 heterocycles. The molecule has 3 aliphatic rings. The van der Waals surface area contributed by atoms with Crippen molar-refractivity contribution in [3.05, 3.63) is 11.8 Å². The molecule has 106 valence electrons. The van der Waals surface area contributed by atoms with Gasteiger partial charge in [0.2, 0.25) is 10.0 Å². The van der Waals surface area contributed by atoms with Crippen LogP contribution in [0.5, 0.6) is 0 Å². The summed E-state index contributed by atoms with van der Waals surface area (Å²) >= 11 is 0. The van der Waals surface area contributed by atoms with E-state index in [0.717, 1.165) is 31.6 Å². The van der Waals surface area contributed by atoms with Crippen LogP contribution in [0.4, 0.5) is 0 Å². The van der Waals surface area contributed by atoms with Gasteiger partial charge in [0.1, 0.15) is 5.84 Å². The highest BCUT2D eigenvalue weighted by Gasteiger charge is 2.37. The van der Waals surface area contributed by atoms with E-state index in [2.05, 4.69) is 27.6 Å². The van der Waals surface area contributed by atoms with Crippen LogP contribution in [0, 0.1) is 5.92 Å². The summed E-state index contributed by atoms with van der Waals surface area (Å²) in [7, 11) is -3.05. The summed E-state index contributed by atoms with van der Waals surface area (Å²) in [6, 6.07) is 0.244. The fourth-order valence-electron chi connectivity index (χ4n) is 2.89. The number of hydrogen-bond acceptors (Lipinski definition) is 4. The van der Waals surface area contributed by atoms with E-state index in [4.69, 9.17) is 0 Å². The fourth-order valence-corrected chi connectivity index (χ4v) is 4.35. The molecular formula is C13H21N3O2S. The molecule has 0 aromatic heterocycles. The topological polar surface area (TPSA) is 61.8 Å². The second-order valence-electron chi connectivity index (χ2n) is 5.85. The molecule has 5 nitrogen and oxygen atoms in total. The summed E-state index contributed by atoms with van der Waals surface area (Å²) in [6.07, 6.45) is 4.77. The third-order valence-electron chi connectivity index (χ3n) is 4.04. The maximum Gasteiger partial charge on any atom is 0.214 e. The standard InChI is InChI=1S/C13H21N3O2S/c1-9-5-12-6-11(8-16(12)10(2)15-9)7-14-19(17,18)13-3-4-13/h5,9,11,13-14H,3-4,6-8H2,1-2H3/t9-,11-/m0/s1. The maximum atomic E-state index is 11.8. The van der Waals surface area contributed by atoms with Gasteiger partial charge in [-0.3, -0.25) is 4.99 Å². The molecule has 1 saturated heterocycles. The Hall–Kier alpha value is -0.880. The molecule has 1 saturated carbocycles. The predicted molar refractivity (Wildman–Crippen MR) is 75.4 cm³/mol. The van der Waals surface area contributed by atoms with Gasteiger partial charge < -0.3 is 4.90 Å².